The van der Waals surface area contributed by atoms with Gasteiger partial charge in [0.15, 0.2) is 0 Å². The maximum atomic E-state index is 2.38. The van der Waals surface area contributed by atoms with Crippen molar-refractivity contribution in [2.45, 2.75) is 54.4 Å². The smallest absolute Gasteiger partial charge is 0 e. The van der Waals surface area contributed by atoms with E-state index in [0.717, 1.165) is 0 Å². The van der Waals surface area contributed by atoms with Gasteiger partial charge in [0.1, 0.15) is 0 Å². The molecule has 0 saturated heterocycles. The molecule has 0 saturated carbocycles. The molecular weight excluding hydrogens is 399 g/mol. The van der Waals surface area contributed by atoms with Gasteiger partial charge in [0.05, 0.1) is 0 Å². The summed E-state index contributed by atoms with van der Waals surface area (Å²) >= 11 is -0.575. The molecule has 0 aromatic rings. The zero-order valence-electron chi connectivity index (χ0n) is 13.7. The van der Waals surface area contributed by atoms with Crippen molar-refractivity contribution in [3.63, 3.8) is 0 Å². The van der Waals surface area contributed by atoms with Crippen LogP contribution in [0.3, 0.4) is 0 Å². The Hall–Kier alpha value is 0.726. The quantitative estimate of drug-likeness (QED) is 0.542. The third-order valence-electron chi connectivity index (χ3n) is 3.78. The number of rotatable bonds is 2. The molecule has 0 atom stereocenters. The minimum absolute atomic E-state index is 0. The molecule has 0 aliphatic heterocycles. The van der Waals surface area contributed by atoms with Crippen LogP contribution in [0.15, 0.2) is 42.0 Å². The van der Waals surface area contributed by atoms with Crippen LogP contribution in [0.5, 0.6) is 0 Å². The fourth-order valence-electron chi connectivity index (χ4n) is 2.83. The summed E-state index contributed by atoms with van der Waals surface area (Å²) in [5.41, 5.74) is 3.90. The maximum Gasteiger partial charge on any atom is 0 e. The average molecular weight is 425 g/mol. The van der Waals surface area contributed by atoms with E-state index >= 15 is 0 Å². The Morgan fingerprint density at radius 3 is 1.40 bits per heavy atom. The van der Waals surface area contributed by atoms with Gasteiger partial charge >= 0.3 is 130 Å². The Kier molecular flexibility index (Phi) is 6.45. The normalized spacial score (nSPS) is 18.9. The van der Waals surface area contributed by atoms with E-state index in [0.29, 0.717) is 10.8 Å². The molecule has 0 aromatic heterocycles. The summed E-state index contributed by atoms with van der Waals surface area (Å²) in [6, 6.07) is 0. The van der Waals surface area contributed by atoms with Crippen molar-refractivity contribution >= 4 is 0 Å². The Morgan fingerprint density at radius 1 is 0.750 bits per heavy atom. The van der Waals surface area contributed by atoms with Crippen LogP contribution in [0, 0.1) is 10.8 Å². The zero-order valence-corrected chi connectivity index (χ0v) is 18.6. The summed E-state index contributed by atoms with van der Waals surface area (Å²) in [5.74, 6) is 0. The molecule has 0 N–H and O–H groups in total. The fraction of sp³-hybridized carbons (Fsp3) is 0.556. The molecule has 106 valence electrons. The zero-order chi connectivity index (χ0) is 14.3. The van der Waals surface area contributed by atoms with Crippen LogP contribution >= 0.6 is 0 Å². The van der Waals surface area contributed by atoms with Gasteiger partial charge in [-0.2, -0.15) is 0 Å². The van der Waals surface area contributed by atoms with E-state index in [4.69, 9.17) is 0 Å². The molecule has 0 spiro atoms. The molecule has 0 fully saturated rings. The van der Waals surface area contributed by atoms with Gasteiger partial charge in [-0.15, -0.1) is 0 Å². The molecule has 0 amide bonds. The predicted octanol–water partition coefficient (Wildman–Crippen LogP) is 5.59. The first-order valence-electron chi connectivity index (χ1n) is 7.27. The van der Waals surface area contributed by atoms with Gasteiger partial charge in [-0.05, 0) is 0 Å². The van der Waals surface area contributed by atoms with Crippen LogP contribution in [0.2, 0.25) is 0 Å². The first-order chi connectivity index (χ1) is 8.69. The molecule has 2 aliphatic carbocycles. The summed E-state index contributed by atoms with van der Waals surface area (Å²) in [6.45, 7) is 14.1. The number of hydrogen-bond donors (Lipinski definition) is 0. The van der Waals surface area contributed by atoms with Gasteiger partial charge < -0.3 is 0 Å². The van der Waals surface area contributed by atoms with E-state index in [1.165, 1.54) is 12.8 Å². The molecule has 0 aromatic carbocycles. The van der Waals surface area contributed by atoms with Crippen LogP contribution in [0.1, 0.15) is 54.4 Å². The van der Waals surface area contributed by atoms with Crippen LogP contribution in [0.25, 0.3) is 0 Å². The van der Waals surface area contributed by atoms with Crippen LogP contribution < -0.4 is 0 Å². The Balaban J connectivity index is 0.00000200. The van der Waals surface area contributed by atoms with Crippen LogP contribution in [0.4, 0.5) is 0 Å². The van der Waals surface area contributed by atoms with Crippen molar-refractivity contribution in [2.75, 3.05) is 0 Å². The minimum Gasteiger partial charge on any atom is 0 e. The van der Waals surface area contributed by atoms with E-state index in [2.05, 4.69) is 65.8 Å². The Morgan fingerprint density at radius 2 is 1.10 bits per heavy atom. The van der Waals surface area contributed by atoms with Gasteiger partial charge in [0.2, 0.25) is 0 Å². The second-order valence-corrected chi connectivity index (χ2v) is 11.2. The summed E-state index contributed by atoms with van der Waals surface area (Å²) < 4.78 is 3.60. The van der Waals surface area contributed by atoms with E-state index in [9.17, 15) is 0 Å². The van der Waals surface area contributed by atoms with Gasteiger partial charge in [0.25, 0.3) is 0 Å². The third kappa shape index (κ3) is 4.36. The average Bonchev–Trinajstić information content (AvgIpc) is 2.83. The second-order valence-electron chi connectivity index (χ2n) is 7.62. The van der Waals surface area contributed by atoms with Crippen molar-refractivity contribution in [3.8, 4) is 0 Å². The second kappa shape index (κ2) is 6.87. The minimum atomic E-state index is -0.575. The molecular formula is C18H26Zr2. The van der Waals surface area contributed by atoms with Crippen molar-refractivity contribution < 1.29 is 49.4 Å². The number of allylic oxidation sites excluding steroid dienone is 8. The first kappa shape index (κ1) is 18.8. The molecule has 0 nitrogen and oxygen atoms in total. The van der Waals surface area contributed by atoms with Crippen LogP contribution in [-0.4, -0.2) is 0 Å². The molecule has 2 rings (SSSR count). The SMILES string of the molecule is CC(C)(C)C1=[C]([Zr][C]2=C(C(C)(C)C)C=CC2)CC=C1.[Zr]. The Labute approximate surface area is 155 Å². The van der Waals surface area contributed by atoms with Gasteiger partial charge in [-0.3, -0.25) is 0 Å². The van der Waals surface area contributed by atoms with Gasteiger partial charge in [-0.1, -0.05) is 0 Å². The molecule has 0 radical (unpaired) electrons. The van der Waals surface area contributed by atoms with Gasteiger partial charge in [0, 0.05) is 26.2 Å². The topological polar surface area (TPSA) is 0 Å². The van der Waals surface area contributed by atoms with E-state index < -0.39 is 23.2 Å². The molecule has 0 heterocycles. The number of hydrogen-bond acceptors (Lipinski definition) is 0. The van der Waals surface area contributed by atoms with Crippen molar-refractivity contribution in [2.24, 2.45) is 10.8 Å². The van der Waals surface area contributed by atoms with Crippen molar-refractivity contribution in [1.82, 2.24) is 0 Å². The van der Waals surface area contributed by atoms with E-state index in [-0.39, 0.29) is 26.2 Å². The molecule has 0 bridgehead atoms. The first-order valence-corrected chi connectivity index (χ1v) is 9.73. The van der Waals surface area contributed by atoms with Crippen molar-refractivity contribution in [1.29, 1.82) is 0 Å². The van der Waals surface area contributed by atoms with E-state index in [1.807, 2.05) is 0 Å². The molecule has 2 aliphatic rings. The Bertz CT molecular complexity index is 442. The summed E-state index contributed by atoms with van der Waals surface area (Å²) in [4.78, 5) is 0. The third-order valence-corrected chi connectivity index (χ3v) is 7.59. The van der Waals surface area contributed by atoms with E-state index in [1.54, 1.807) is 17.7 Å². The predicted molar refractivity (Wildman–Crippen MR) is 80.5 cm³/mol. The standard InChI is InChI=1S/2C9H13.2Zr/c2*1-9(2,3)8-6-4-5-7-8;;/h2*4,6H,5H2,1-3H3;;. The maximum absolute atomic E-state index is 2.38. The van der Waals surface area contributed by atoms with Gasteiger partial charge in [-0.25, -0.2) is 0 Å². The summed E-state index contributed by atoms with van der Waals surface area (Å²) in [7, 11) is 0. The largest absolute Gasteiger partial charge is 0 e. The molecule has 2 heteroatoms. The summed E-state index contributed by atoms with van der Waals surface area (Å²) in [5, 5.41) is 0. The molecule has 20 heavy (non-hydrogen) atoms. The van der Waals surface area contributed by atoms with Crippen LogP contribution in [-0.2, 0) is 49.4 Å². The van der Waals surface area contributed by atoms with Crippen molar-refractivity contribution in [3.05, 3.63) is 42.0 Å². The summed E-state index contributed by atoms with van der Waals surface area (Å²) in [6.07, 6.45) is 12.0. The monoisotopic (exact) mass is 422 g/mol. The molecule has 0 unspecified atom stereocenters. The fourth-order valence-corrected chi connectivity index (χ4v) is 7.73.